The van der Waals surface area contributed by atoms with Crippen molar-refractivity contribution in [2.24, 2.45) is 0 Å². The van der Waals surface area contributed by atoms with E-state index in [0.29, 0.717) is 22.1 Å². The van der Waals surface area contributed by atoms with Crippen LogP contribution in [0.4, 0.5) is 11.4 Å². The van der Waals surface area contributed by atoms with Crippen LogP contribution in [0.3, 0.4) is 0 Å². The number of hydrogen-bond acceptors (Lipinski definition) is 5. The summed E-state index contributed by atoms with van der Waals surface area (Å²) < 4.78 is 5.62. The van der Waals surface area contributed by atoms with Crippen molar-refractivity contribution in [3.8, 4) is 17.0 Å². The van der Waals surface area contributed by atoms with Crippen LogP contribution in [0.15, 0.2) is 72.1 Å². The molecule has 0 spiro atoms. The Balaban J connectivity index is 1.37. The first kappa shape index (κ1) is 23.1. The largest absolute Gasteiger partial charge is 0.482 e. The Morgan fingerprint density at radius 3 is 2.80 bits per heavy atom. The Morgan fingerprint density at radius 2 is 1.97 bits per heavy atom. The van der Waals surface area contributed by atoms with Crippen molar-refractivity contribution in [1.82, 2.24) is 4.98 Å². The van der Waals surface area contributed by atoms with E-state index in [9.17, 15) is 9.59 Å². The minimum absolute atomic E-state index is 0.117. The molecule has 0 radical (unpaired) electrons. The molecular weight excluding hydrogens is 482 g/mol. The van der Waals surface area contributed by atoms with Crippen molar-refractivity contribution in [1.29, 1.82) is 0 Å². The van der Waals surface area contributed by atoms with Crippen LogP contribution in [0.25, 0.3) is 11.3 Å². The molecule has 35 heavy (non-hydrogen) atoms. The van der Waals surface area contributed by atoms with E-state index in [2.05, 4.69) is 17.4 Å². The van der Waals surface area contributed by atoms with Gasteiger partial charge in [-0.3, -0.25) is 14.5 Å². The van der Waals surface area contributed by atoms with E-state index in [1.54, 1.807) is 29.5 Å². The summed E-state index contributed by atoms with van der Waals surface area (Å²) in [5.41, 5.74) is 4.81. The number of nitrogens with one attached hydrogen (secondary N) is 1. The molecule has 2 amide bonds. The number of amides is 2. The average Bonchev–Trinajstić information content (AvgIpc) is 3.32. The van der Waals surface area contributed by atoms with E-state index in [1.807, 2.05) is 48.7 Å². The molecule has 0 atom stereocenters. The van der Waals surface area contributed by atoms with Gasteiger partial charge in [-0.05, 0) is 48.4 Å². The molecule has 176 valence electrons. The predicted octanol–water partition coefficient (Wildman–Crippen LogP) is 5.73. The number of carbonyl (C=O) groups is 2. The second-order valence-corrected chi connectivity index (χ2v) is 9.55. The highest BCUT2D eigenvalue weighted by atomic mass is 35.5. The molecule has 1 aliphatic rings. The molecule has 0 fully saturated rings. The highest BCUT2D eigenvalue weighted by Crippen LogP contribution is 2.36. The topological polar surface area (TPSA) is 71.5 Å². The van der Waals surface area contributed by atoms with Gasteiger partial charge in [0.1, 0.15) is 12.3 Å². The molecule has 1 aliphatic heterocycles. The van der Waals surface area contributed by atoms with Crippen LogP contribution in [-0.2, 0) is 16.0 Å². The minimum Gasteiger partial charge on any atom is -0.482 e. The third-order valence-corrected chi connectivity index (χ3v) is 7.05. The maximum Gasteiger partial charge on any atom is 0.265 e. The molecule has 5 rings (SSSR count). The fraction of sp³-hybridized carbons (Fsp3) is 0.148. The standard InChI is InChI=1S/C27H22ClN3O3S/c1-17-20(28)8-5-9-21(17)29-25(32)14-31-23-13-19(10-11-24(23)34-15-27(31)33)22-16-35-26(30-22)12-18-6-3-2-4-7-18/h2-11,13,16H,12,14-15H2,1H3,(H,29,32). The third kappa shape index (κ3) is 5.06. The van der Waals surface area contributed by atoms with Gasteiger partial charge in [0.25, 0.3) is 5.91 Å². The van der Waals surface area contributed by atoms with Gasteiger partial charge in [-0.1, -0.05) is 48.0 Å². The number of hydrogen-bond donors (Lipinski definition) is 1. The second kappa shape index (κ2) is 9.90. The number of benzene rings is 3. The number of thiazole rings is 1. The first-order valence-electron chi connectivity index (χ1n) is 11.1. The van der Waals surface area contributed by atoms with Crippen molar-refractivity contribution < 1.29 is 14.3 Å². The van der Waals surface area contributed by atoms with Crippen molar-refractivity contribution in [3.63, 3.8) is 0 Å². The van der Waals surface area contributed by atoms with Gasteiger partial charge in [0.2, 0.25) is 5.91 Å². The van der Waals surface area contributed by atoms with E-state index in [4.69, 9.17) is 21.3 Å². The summed E-state index contributed by atoms with van der Waals surface area (Å²) >= 11 is 7.76. The molecule has 2 heterocycles. The molecule has 0 aliphatic carbocycles. The average molecular weight is 504 g/mol. The van der Waals surface area contributed by atoms with Gasteiger partial charge in [0, 0.05) is 28.1 Å². The molecular formula is C27H22ClN3O3S. The van der Waals surface area contributed by atoms with Gasteiger partial charge in [-0.15, -0.1) is 11.3 Å². The van der Waals surface area contributed by atoms with Crippen LogP contribution in [0.1, 0.15) is 16.1 Å². The van der Waals surface area contributed by atoms with E-state index in [-0.39, 0.29) is 25.0 Å². The fourth-order valence-electron chi connectivity index (χ4n) is 3.91. The molecule has 6 nitrogen and oxygen atoms in total. The summed E-state index contributed by atoms with van der Waals surface area (Å²) in [7, 11) is 0. The Kier molecular flexibility index (Phi) is 6.53. The Bertz CT molecular complexity index is 1400. The molecule has 8 heteroatoms. The lowest BCUT2D eigenvalue weighted by Gasteiger charge is -2.29. The molecule has 1 N–H and O–H groups in total. The SMILES string of the molecule is Cc1c(Cl)cccc1NC(=O)CN1C(=O)COc2ccc(-c3csc(Cc4ccccc4)n3)cc21. The Labute approximate surface area is 212 Å². The van der Waals surface area contributed by atoms with Crippen LogP contribution < -0.4 is 15.0 Å². The van der Waals surface area contributed by atoms with Gasteiger partial charge in [0.05, 0.1) is 16.4 Å². The van der Waals surface area contributed by atoms with Gasteiger partial charge >= 0.3 is 0 Å². The number of carbonyl (C=O) groups excluding carboxylic acids is 2. The molecule has 0 saturated carbocycles. The predicted molar refractivity (Wildman–Crippen MR) is 139 cm³/mol. The molecule has 0 bridgehead atoms. The lowest BCUT2D eigenvalue weighted by Crippen LogP contribution is -2.43. The highest BCUT2D eigenvalue weighted by Gasteiger charge is 2.28. The lowest BCUT2D eigenvalue weighted by molar-refractivity contribution is -0.123. The van der Waals surface area contributed by atoms with Gasteiger partial charge < -0.3 is 10.1 Å². The first-order valence-corrected chi connectivity index (χ1v) is 12.3. The zero-order valence-corrected chi connectivity index (χ0v) is 20.5. The molecule has 3 aromatic carbocycles. The monoisotopic (exact) mass is 503 g/mol. The maximum absolute atomic E-state index is 12.8. The number of fused-ring (bicyclic) bond motifs is 1. The summed E-state index contributed by atoms with van der Waals surface area (Å²) in [4.78, 5) is 31.8. The van der Waals surface area contributed by atoms with Crippen LogP contribution in [0, 0.1) is 6.92 Å². The summed E-state index contributed by atoms with van der Waals surface area (Å²) in [6, 6.07) is 21.1. The first-order chi connectivity index (χ1) is 17.0. The molecule has 0 saturated heterocycles. The fourth-order valence-corrected chi connectivity index (χ4v) is 4.92. The minimum atomic E-state index is -0.319. The summed E-state index contributed by atoms with van der Waals surface area (Å²) in [5.74, 6) is -0.0451. The Morgan fingerprint density at radius 1 is 1.14 bits per heavy atom. The third-order valence-electron chi connectivity index (χ3n) is 5.79. The van der Waals surface area contributed by atoms with Gasteiger partial charge in [-0.2, -0.15) is 0 Å². The summed E-state index contributed by atoms with van der Waals surface area (Å²) in [6.07, 6.45) is 0.757. The van der Waals surface area contributed by atoms with Crippen LogP contribution in [-0.4, -0.2) is 29.9 Å². The van der Waals surface area contributed by atoms with Crippen LogP contribution in [0.5, 0.6) is 5.75 Å². The second-order valence-electron chi connectivity index (χ2n) is 8.20. The number of halogens is 1. The maximum atomic E-state index is 12.8. The lowest BCUT2D eigenvalue weighted by atomic mass is 10.1. The summed E-state index contributed by atoms with van der Waals surface area (Å²) in [6.45, 7) is 1.58. The Hall–Kier alpha value is -3.68. The van der Waals surface area contributed by atoms with Crippen molar-refractivity contribution in [2.45, 2.75) is 13.3 Å². The quantitative estimate of drug-likeness (QED) is 0.365. The van der Waals surface area contributed by atoms with Gasteiger partial charge in [0.15, 0.2) is 6.61 Å². The van der Waals surface area contributed by atoms with Crippen LogP contribution >= 0.6 is 22.9 Å². The van der Waals surface area contributed by atoms with Crippen molar-refractivity contribution >= 4 is 46.1 Å². The van der Waals surface area contributed by atoms with E-state index in [1.165, 1.54) is 10.5 Å². The number of aromatic nitrogens is 1. The number of rotatable bonds is 6. The van der Waals surface area contributed by atoms with Crippen molar-refractivity contribution in [3.05, 3.63) is 93.3 Å². The van der Waals surface area contributed by atoms with E-state index in [0.717, 1.165) is 28.2 Å². The zero-order chi connectivity index (χ0) is 24.4. The van der Waals surface area contributed by atoms with Gasteiger partial charge in [-0.25, -0.2) is 4.98 Å². The molecule has 4 aromatic rings. The normalized spacial score (nSPS) is 12.7. The van der Waals surface area contributed by atoms with E-state index >= 15 is 0 Å². The molecule has 0 unspecified atom stereocenters. The molecule has 1 aromatic heterocycles. The number of ether oxygens (including phenoxy) is 1. The highest BCUT2D eigenvalue weighted by molar-refractivity contribution is 7.10. The van der Waals surface area contributed by atoms with Crippen molar-refractivity contribution in [2.75, 3.05) is 23.4 Å². The summed E-state index contributed by atoms with van der Waals surface area (Å²) in [5, 5.41) is 6.43. The van der Waals surface area contributed by atoms with E-state index < -0.39 is 0 Å². The number of nitrogens with zero attached hydrogens (tertiary/aromatic N) is 2. The smallest absolute Gasteiger partial charge is 0.265 e. The number of anilines is 2. The van der Waals surface area contributed by atoms with Crippen LogP contribution in [0.2, 0.25) is 5.02 Å². The zero-order valence-electron chi connectivity index (χ0n) is 19.0.